The normalized spacial score (nSPS) is 12.9. The maximum Gasteiger partial charge on any atom is 0.435 e. The van der Waals surface area contributed by atoms with E-state index in [2.05, 4.69) is 15.4 Å². The number of nitrogens with one attached hydrogen (secondary N) is 1. The molecule has 0 fully saturated rings. The lowest BCUT2D eigenvalue weighted by Gasteiger charge is -2.22. The third-order valence-corrected chi connectivity index (χ3v) is 4.16. The van der Waals surface area contributed by atoms with Gasteiger partial charge in [-0.3, -0.25) is 0 Å². The third kappa shape index (κ3) is 3.17. The number of alkyl halides is 3. The van der Waals surface area contributed by atoms with Crippen molar-refractivity contribution in [3.8, 4) is 0 Å². The van der Waals surface area contributed by atoms with Crippen LogP contribution in [0.2, 0.25) is 0 Å². The Kier molecular flexibility index (Phi) is 3.86. The maximum atomic E-state index is 12.7. The Morgan fingerprint density at radius 1 is 1.35 bits per heavy atom. The van der Waals surface area contributed by atoms with E-state index in [-0.39, 0.29) is 4.75 Å². The highest BCUT2D eigenvalue weighted by Gasteiger charge is 2.34. The van der Waals surface area contributed by atoms with E-state index in [1.807, 2.05) is 20.1 Å². The zero-order chi connectivity index (χ0) is 15.0. The number of nitrogens with zero attached hydrogens (tertiary/aromatic N) is 3. The Balaban J connectivity index is 2.32. The zero-order valence-corrected chi connectivity index (χ0v) is 12.1. The van der Waals surface area contributed by atoms with E-state index in [1.54, 1.807) is 11.8 Å². The van der Waals surface area contributed by atoms with Gasteiger partial charge >= 0.3 is 6.18 Å². The molecule has 0 aromatic carbocycles. The van der Waals surface area contributed by atoms with Gasteiger partial charge in [-0.05, 0) is 20.1 Å². The summed E-state index contributed by atoms with van der Waals surface area (Å²) in [5, 5.41) is 6.60. The molecule has 1 N–H and O–H groups in total. The summed E-state index contributed by atoms with van der Waals surface area (Å²) in [5.41, 5.74) is -0.602. The molecule has 2 rings (SSSR count). The molecule has 8 heteroatoms. The molecule has 0 aliphatic heterocycles. The Morgan fingerprint density at radius 3 is 2.65 bits per heavy atom. The number of aromatic nitrogens is 3. The molecule has 0 atom stereocenters. The fraction of sp³-hybridized carbons (Fsp3) is 0.500. The molecule has 20 heavy (non-hydrogen) atoms. The van der Waals surface area contributed by atoms with Crippen LogP contribution in [-0.2, 0) is 6.18 Å². The highest BCUT2D eigenvalue weighted by Crippen LogP contribution is 2.30. The molecule has 0 radical (unpaired) electrons. The first-order valence-corrected chi connectivity index (χ1v) is 7.16. The van der Waals surface area contributed by atoms with E-state index in [9.17, 15) is 13.2 Å². The van der Waals surface area contributed by atoms with Gasteiger partial charge in [0.15, 0.2) is 11.5 Å². The van der Waals surface area contributed by atoms with Gasteiger partial charge in [0.1, 0.15) is 5.52 Å². The summed E-state index contributed by atoms with van der Waals surface area (Å²) in [5.74, 6) is 0.401. The van der Waals surface area contributed by atoms with Gasteiger partial charge in [-0.1, -0.05) is 0 Å². The van der Waals surface area contributed by atoms with Crippen LogP contribution in [-0.4, -0.2) is 32.1 Å². The van der Waals surface area contributed by atoms with Crippen LogP contribution in [0.3, 0.4) is 0 Å². The van der Waals surface area contributed by atoms with Gasteiger partial charge in [0.25, 0.3) is 0 Å². The van der Waals surface area contributed by atoms with Crippen LogP contribution in [0.5, 0.6) is 0 Å². The summed E-state index contributed by atoms with van der Waals surface area (Å²) in [4.78, 5) is 4.09. The first kappa shape index (κ1) is 15.0. The van der Waals surface area contributed by atoms with Crippen LogP contribution < -0.4 is 5.32 Å². The van der Waals surface area contributed by atoms with Crippen LogP contribution in [0.15, 0.2) is 18.5 Å². The average Bonchev–Trinajstić information content (AvgIpc) is 2.80. The van der Waals surface area contributed by atoms with Gasteiger partial charge in [0.05, 0.1) is 0 Å². The van der Waals surface area contributed by atoms with Crippen LogP contribution >= 0.6 is 11.8 Å². The molecule has 0 spiro atoms. The summed E-state index contributed by atoms with van der Waals surface area (Å²) in [6.45, 7) is 4.68. The number of hydrogen-bond acceptors (Lipinski definition) is 4. The molecule has 0 saturated carbocycles. The summed E-state index contributed by atoms with van der Waals surface area (Å²) in [6.07, 6.45) is 0.349. The maximum absolute atomic E-state index is 12.7. The smallest absolute Gasteiger partial charge is 0.367 e. The Hall–Kier alpha value is -1.44. The van der Waals surface area contributed by atoms with Gasteiger partial charge in [0, 0.05) is 29.8 Å². The predicted octanol–water partition coefficient (Wildman–Crippen LogP) is 3.30. The number of fused-ring (bicyclic) bond motifs is 1. The number of halogens is 3. The lowest BCUT2D eigenvalue weighted by Crippen LogP contribution is -2.26. The quantitative estimate of drug-likeness (QED) is 0.941. The lowest BCUT2D eigenvalue weighted by molar-refractivity contribution is -0.141. The molecule has 0 aliphatic carbocycles. The van der Waals surface area contributed by atoms with Crippen molar-refractivity contribution in [1.29, 1.82) is 0 Å². The molecule has 0 amide bonds. The van der Waals surface area contributed by atoms with Gasteiger partial charge < -0.3 is 5.32 Å². The minimum absolute atomic E-state index is 0.0403. The molecular formula is C12H15F3N4S. The SMILES string of the molecule is CSC(C)(C)CNc1nccn2nc(C(F)(F)F)cc12. The van der Waals surface area contributed by atoms with Crippen LogP contribution in [0.4, 0.5) is 19.0 Å². The van der Waals surface area contributed by atoms with Crippen LogP contribution in [0.1, 0.15) is 19.5 Å². The summed E-state index contributed by atoms with van der Waals surface area (Å²) < 4.78 is 39.1. The molecule has 0 bridgehead atoms. The molecule has 2 aromatic heterocycles. The molecule has 110 valence electrons. The third-order valence-electron chi connectivity index (χ3n) is 2.91. The fourth-order valence-corrected chi connectivity index (χ4v) is 1.78. The highest BCUT2D eigenvalue weighted by molar-refractivity contribution is 7.99. The highest BCUT2D eigenvalue weighted by atomic mass is 32.2. The Bertz CT molecular complexity index is 606. The second kappa shape index (κ2) is 5.16. The summed E-state index contributed by atoms with van der Waals surface area (Å²) in [7, 11) is 0. The molecule has 0 unspecified atom stereocenters. The second-order valence-corrected chi connectivity index (χ2v) is 6.46. The van der Waals surface area contributed by atoms with Crippen molar-refractivity contribution in [2.45, 2.75) is 24.8 Å². The molecule has 0 saturated heterocycles. The Morgan fingerprint density at radius 2 is 2.05 bits per heavy atom. The number of rotatable bonds is 4. The van der Waals surface area contributed by atoms with Crippen molar-refractivity contribution < 1.29 is 13.2 Å². The average molecular weight is 304 g/mol. The van der Waals surface area contributed by atoms with Crippen molar-refractivity contribution in [2.24, 2.45) is 0 Å². The van der Waals surface area contributed by atoms with E-state index >= 15 is 0 Å². The van der Waals surface area contributed by atoms with Crippen molar-refractivity contribution >= 4 is 23.1 Å². The summed E-state index contributed by atoms with van der Waals surface area (Å²) in [6, 6.07) is 1.00. The minimum Gasteiger partial charge on any atom is -0.367 e. The monoisotopic (exact) mass is 304 g/mol. The standard InChI is InChI=1S/C12H15F3N4S/c1-11(2,20-3)7-17-10-8-6-9(12(13,14)15)18-19(8)5-4-16-10/h4-6H,7H2,1-3H3,(H,16,17). The Labute approximate surface area is 118 Å². The van der Waals surface area contributed by atoms with Crippen molar-refractivity contribution in [1.82, 2.24) is 14.6 Å². The van der Waals surface area contributed by atoms with E-state index < -0.39 is 11.9 Å². The molecule has 0 aliphatic rings. The minimum atomic E-state index is -4.46. The molecule has 2 heterocycles. The van der Waals surface area contributed by atoms with E-state index in [4.69, 9.17) is 0 Å². The topological polar surface area (TPSA) is 42.2 Å². The number of thioether (sulfide) groups is 1. The van der Waals surface area contributed by atoms with Gasteiger partial charge in [-0.15, -0.1) is 0 Å². The van der Waals surface area contributed by atoms with E-state index in [0.717, 1.165) is 6.07 Å². The van der Waals surface area contributed by atoms with Crippen LogP contribution in [0.25, 0.3) is 5.52 Å². The van der Waals surface area contributed by atoms with Crippen molar-refractivity contribution in [3.05, 3.63) is 24.2 Å². The van der Waals surface area contributed by atoms with Gasteiger partial charge in [0.2, 0.25) is 0 Å². The van der Waals surface area contributed by atoms with E-state index in [1.165, 1.54) is 16.9 Å². The summed E-state index contributed by atoms with van der Waals surface area (Å²) >= 11 is 1.67. The zero-order valence-electron chi connectivity index (χ0n) is 11.3. The van der Waals surface area contributed by atoms with Crippen molar-refractivity contribution in [2.75, 3.05) is 18.1 Å². The fourth-order valence-electron chi connectivity index (χ4n) is 1.57. The lowest BCUT2D eigenvalue weighted by atomic mass is 10.2. The predicted molar refractivity (Wildman–Crippen MR) is 74.1 cm³/mol. The van der Waals surface area contributed by atoms with Gasteiger partial charge in [-0.2, -0.15) is 30.0 Å². The molecule has 4 nitrogen and oxygen atoms in total. The largest absolute Gasteiger partial charge is 0.435 e. The second-order valence-electron chi connectivity index (χ2n) is 4.95. The molecular weight excluding hydrogens is 289 g/mol. The first-order chi connectivity index (χ1) is 9.23. The van der Waals surface area contributed by atoms with Gasteiger partial charge in [-0.25, -0.2) is 9.50 Å². The van der Waals surface area contributed by atoms with Crippen molar-refractivity contribution in [3.63, 3.8) is 0 Å². The number of anilines is 1. The van der Waals surface area contributed by atoms with Crippen LogP contribution in [0, 0.1) is 0 Å². The molecule has 2 aromatic rings. The first-order valence-electron chi connectivity index (χ1n) is 5.93. The van der Waals surface area contributed by atoms with E-state index in [0.29, 0.717) is 17.9 Å². The number of hydrogen-bond donors (Lipinski definition) is 1.